The molecule has 0 fully saturated rings. The Morgan fingerprint density at radius 2 is 2.00 bits per heavy atom. The maximum Gasteiger partial charge on any atom is 0.393 e. The van der Waals surface area contributed by atoms with Gasteiger partial charge in [-0.3, -0.25) is 29.7 Å². The van der Waals surface area contributed by atoms with Gasteiger partial charge in [0.2, 0.25) is 0 Å². The first-order valence-electron chi connectivity index (χ1n) is 3.61. The van der Waals surface area contributed by atoms with Crippen LogP contribution in [0.25, 0.3) is 0 Å². The molecule has 2 N–H and O–H groups in total. The van der Waals surface area contributed by atoms with Crippen molar-refractivity contribution < 1.29 is 14.5 Å². The van der Waals surface area contributed by atoms with Crippen molar-refractivity contribution in [3.05, 3.63) is 31.0 Å². The van der Waals surface area contributed by atoms with Crippen LogP contribution < -0.4 is 16.0 Å². The van der Waals surface area contributed by atoms with Crippen molar-refractivity contribution in [2.24, 2.45) is 0 Å². The van der Waals surface area contributed by atoms with Crippen LogP contribution in [-0.2, 0) is 4.79 Å². The Morgan fingerprint density at radius 3 is 2.47 bits per heavy atom. The van der Waals surface area contributed by atoms with Crippen LogP contribution in [0.3, 0.4) is 0 Å². The molecule has 0 unspecified atom stereocenters. The molecule has 0 aliphatic rings. The molecule has 0 atom stereocenters. The van der Waals surface area contributed by atoms with Gasteiger partial charge in [0.05, 0.1) is 4.92 Å². The molecule has 0 aromatic carbocycles. The number of esters is 1. The fourth-order valence-corrected chi connectivity index (χ4v) is 0.842. The molecule has 0 aliphatic carbocycles. The van der Waals surface area contributed by atoms with Crippen LogP contribution in [0, 0.1) is 10.1 Å². The lowest BCUT2D eigenvalue weighted by Crippen LogP contribution is -2.26. The van der Waals surface area contributed by atoms with Gasteiger partial charge in [0.25, 0.3) is 5.88 Å². The molecule has 9 heteroatoms. The zero-order chi connectivity index (χ0) is 11.6. The van der Waals surface area contributed by atoms with Gasteiger partial charge < -0.3 is 4.74 Å². The van der Waals surface area contributed by atoms with Crippen LogP contribution in [0.1, 0.15) is 6.92 Å². The largest absolute Gasteiger partial charge is 0.402 e. The van der Waals surface area contributed by atoms with Crippen LogP contribution in [0.4, 0.5) is 5.69 Å². The molecule has 0 radical (unpaired) electrons. The third kappa shape index (κ3) is 2.27. The van der Waals surface area contributed by atoms with E-state index in [0.29, 0.717) is 0 Å². The molecule has 0 amide bonds. The lowest BCUT2D eigenvalue weighted by molar-refractivity contribution is -0.387. The van der Waals surface area contributed by atoms with Crippen molar-refractivity contribution >= 4 is 11.7 Å². The number of nitro groups is 1. The van der Waals surface area contributed by atoms with Gasteiger partial charge in [-0.05, 0) is 0 Å². The smallest absolute Gasteiger partial charge is 0.393 e. The van der Waals surface area contributed by atoms with Crippen molar-refractivity contribution in [2.45, 2.75) is 6.92 Å². The summed E-state index contributed by atoms with van der Waals surface area (Å²) < 4.78 is 4.31. The highest BCUT2D eigenvalue weighted by Gasteiger charge is 2.23. The molecule has 0 aliphatic heterocycles. The average Bonchev–Trinajstić information content (AvgIpc) is 1.99. The number of nitrogens with one attached hydrogen (secondary N) is 2. The molecule has 1 aromatic rings. The van der Waals surface area contributed by atoms with Crippen LogP contribution in [0.5, 0.6) is 5.88 Å². The monoisotopic (exact) mass is 215 g/mol. The van der Waals surface area contributed by atoms with Crippen molar-refractivity contribution in [3.8, 4) is 5.88 Å². The maximum absolute atomic E-state index is 11.0. The topological polar surface area (TPSA) is 135 Å². The summed E-state index contributed by atoms with van der Waals surface area (Å²) in [6.45, 7) is 0.975. The van der Waals surface area contributed by atoms with E-state index in [1.165, 1.54) is 0 Å². The van der Waals surface area contributed by atoms with Crippen LogP contribution in [-0.4, -0.2) is 20.9 Å². The second-order valence-electron chi connectivity index (χ2n) is 2.44. The minimum atomic E-state index is -1.24. The lowest BCUT2D eigenvalue weighted by Gasteiger charge is -1.99. The summed E-state index contributed by atoms with van der Waals surface area (Å²) in [5.74, 6) is -1.67. The van der Waals surface area contributed by atoms with Gasteiger partial charge in [-0.2, -0.15) is 0 Å². The number of hydrogen-bond donors (Lipinski definition) is 2. The first-order chi connectivity index (χ1) is 6.91. The second kappa shape index (κ2) is 3.74. The third-order valence-corrected chi connectivity index (χ3v) is 1.31. The summed E-state index contributed by atoms with van der Waals surface area (Å²) in [6.07, 6.45) is 0. The number of ether oxygens (including phenoxy) is 1. The highest BCUT2D eigenvalue weighted by atomic mass is 16.6. The molecule has 1 heterocycles. The number of aromatic nitrogens is 2. The third-order valence-electron chi connectivity index (χ3n) is 1.31. The van der Waals surface area contributed by atoms with Gasteiger partial charge in [0.1, 0.15) is 0 Å². The number of nitrogens with zero attached hydrogens (tertiary/aromatic N) is 1. The number of carbonyl (C=O) groups excluding carboxylic acids is 1. The molecular weight excluding hydrogens is 210 g/mol. The number of aromatic amines is 2. The molecule has 1 rings (SSSR count). The molecule has 15 heavy (non-hydrogen) atoms. The Balaban J connectivity index is 3.47. The highest BCUT2D eigenvalue weighted by molar-refractivity contribution is 5.69. The van der Waals surface area contributed by atoms with E-state index in [-0.39, 0.29) is 0 Å². The Labute approximate surface area is 80.9 Å². The van der Waals surface area contributed by atoms with Gasteiger partial charge in [-0.1, -0.05) is 0 Å². The summed E-state index contributed by atoms with van der Waals surface area (Å²) in [5, 5.41) is 10.4. The SMILES string of the molecule is CC(=O)Oc1[nH]c(=O)[nH]c(=O)c1[N+](=O)[O-]. The summed E-state index contributed by atoms with van der Waals surface area (Å²) in [7, 11) is 0. The van der Waals surface area contributed by atoms with E-state index in [0.717, 1.165) is 6.92 Å². The van der Waals surface area contributed by atoms with E-state index in [9.17, 15) is 24.5 Å². The number of H-pyrrole nitrogens is 2. The standard InChI is InChI=1S/C6H5N3O6/c1-2(10)15-5-3(9(13)14)4(11)7-6(12)8-5/h1H3,(H2,7,8,11,12). The quantitative estimate of drug-likeness (QED) is 0.365. The summed E-state index contributed by atoms with van der Waals surface area (Å²) in [5.41, 5.74) is -3.26. The van der Waals surface area contributed by atoms with Crippen LogP contribution in [0.2, 0.25) is 0 Å². The van der Waals surface area contributed by atoms with E-state index in [4.69, 9.17) is 0 Å². The van der Waals surface area contributed by atoms with Crippen molar-refractivity contribution in [1.82, 2.24) is 9.97 Å². The molecule has 9 nitrogen and oxygen atoms in total. The molecule has 1 aromatic heterocycles. The average molecular weight is 215 g/mol. The molecule has 80 valence electrons. The van der Waals surface area contributed by atoms with Gasteiger partial charge in [0.15, 0.2) is 0 Å². The summed E-state index contributed by atoms with van der Waals surface area (Å²) >= 11 is 0. The van der Waals surface area contributed by atoms with Gasteiger partial charge >= 0.3 is 22.9 Å². The molecule has 0 bridgehead atoms. The highest BCUT2D eigenvalue weighted by Crippen LogP contribution is 2.16. The molecule has 0 saturated heterocycles. The zero-order valence-electron chi connectivity index (χ0n) is 7.40. The molecule has 0 saturated carbocycles. The van der Waals surface area contributed by atoms with E-state index in [1.54, 1.807) is 4.98 Å². The fourth-order valence-electron chi connectivity index (χ4n) is 0.842. The number of hydrogen-bond acceptors (Lipinski definition) is 6. The minimum absolute atomic E-state index is 0.777. The molecular formula is C6H5N3O6. The van der Waals surface area contributed by atoms with Gasteiger partial charge in [-0.15, -0.1) is 0 Å². The zero-order valence-corrected chi connectivity index (χ0v) is 7.40. The Bertz CT molecular complexity index is 526. The Morgan fingerprint density at radius 1 is 1.40 bits per heavy atom. The number of carbonyl (C=O) groups is 1. The van der Waals surface area contributed by atoms with E-state index in [1.807, 2.05) is 4.98 Å². The van der Waals surface area contributed by atoms with Gasteiger partial charge in [0, 0.05) is 6.92 Å². The van der Waals surface area contributed by atoms with E-state index >= 15 is 0 Å². The minimum Gasteiger partial charge on any atom is -0.402 e. The second-order valence-corrected chi connectivity index (χ2v) is 2.44. The fraction of sp³-hybridized carbons (Fsp3) is 0.167. The first-order valence-corrected chi connectivity index (χ1v) is 3.61. The van der Waals surface area contributed by atoms with E-state index < -0.39 is 33.7 Å². The van der Waals surface area contributed by atoms with Crippen molar-refractivity contribution in [1.29, 1.82) is 0 Å². The van der Waals surface area contributed by atoms with Crippen molar-refractivity contribution in [3.63, 3.8) is 0 Å². The van der Waals surface area contributed by atoms with Crippen molar-refractivity contribution in [2.75, 3.05) is 0 Å². The van der Waals surface area contributed by atoms with Gasteiger partial charge in [-0.25, -0.2) is 4.79 Å². The maximum atomic E-state index is 11.0. The normalized spacial score (nSPS) is 9.67. The predicted molar refractivity (Wildman–Crippen MR) is 45.6 cm³/mol. The molecule has 0 spiro atoms. The van der Waals surface area contributed by atoms with Crippen LogP contribution in [0.15, 0.2) is 9.59 Å². The predicted octanol–water partition coefficient (Wildman–Crippen LogP) is -1.10. The summed E-state index contributed by atoms with van der Waals surface area (Å²) in [4.78, 5) is 45.1. The lowest BCUT2D eigenvalue weighted by atomic mass is 10.5. The first kappa shape index (κ1) is 10.6. The van der Waals surface area contributed by atoms with Crippen LogP contribution >= 0.6 is 0 Å². The number of rotatable bonds is 2. The van der Waals surface area contributed by atoms with E-state index in [2.05, 4.69) is 4.74 Å². The Kier molecular flexibility index (Phi) is 2.65. The Hall–Kier alpha value is -2.45. The summed E-state index contributed by atoms with van der Waals surface area (Å²) in [6, 6.07) is 0.